The van der Waals surface area contributed by atoms with Crippen LogP contribution in [0.3, 0.4) is 0 Å². The second kappa shape index (κ2) is 9.18. The molecule has 0 radical (unpaired) electrons. The summed E-state index contributed by atoms with van der Waals surface area (Å²) in [6.45, 7) is 2.29. The smallest absolute Gasteiger partial charge is 0.239 e. The normalized spacial score (nSPS) is 10.2. The average molecular weight is 369 g/mol. The number of nitrogens with one attached hydrogen (secondary N) is 3. The van der Waals surface area contributed by atoms with Crippen molar-refractivity contribution >= 4 is 45.7 Å². The maximum Gasteiger partial charge on any atom is 0.239 e. The Morgan fingerprint density at radius 1 is 1.17 bits per heavy atom. The Hall–Kier alpha value is -2.20. The van der Waals surface area contributed by atoms with Crippen molar-refractivity contribution in [2.75, 3.05) is 24.2 Å². The van der Waals surface area contributed by atoms with E-state index in [1.54, 1.807) is 12.1 Å². The fraction of sp³-hybridized carbons (Fsp3) is 0.286. The van der Waals surface area contributed by atoms with Crippen LogP contribution in [-0.4, -0.2) is 40.9 Å². The second-order valence-corrected chi connectivity index (χ2v) is 6.72. The highest BCUT2D eigenvalue weighted by Gasteiger charge is 2.09. The van der Waals surface area contributed by atoms with Gasteiger partial charge in [0.2, 0.25) is 16.9 Å². The van der Waals surface area contributed by atoms with Gasteiger partial charge in [-0.15, -0.1) is 10.2 Å². The van der Waals surface area contributed by atoms with E-state index in [1.165, 1.54) is 35.2 Å². The first-order chi connectivity index (χ1) is 11.6. The van der Waals surface area contributed by atoms with Crippen molar-refractivity contribution in [2.24, 2.45) is 0 Å². The van der Waals surface area contributed by atoms with Gasteiger partial charge in [0.15, 0.2) is 4.34 Å². The number of anilines is 2. The van der Waals surface area contributed by atoms with Crippen LogP contribution in [0.2, 0.25) is 0 Å². The molecule has 0 atom stereocenters. The summed E-state index contributed by atoms with van der Waals surface area (Å²) in [4.78, 5) is 22.9. The molecule has 0 saturated carbocycles. The molecule has 128 valence electrons. The highest BCUT2D eigenvalue weighted by atomic mass is 32.2. The fourth-order valence-electron chi connectivity index (χ4n) is 1.59. The Morgan fingerprint density at radius 3 is 2.62 bits per heavy atom. The van der Waals surface area contributed by atoms with E-state index in [-0.39, 0.29) is 29.9 Å². The Balaban J connectivity index is 1.76. The standard InChI is InChI=1S/C14H16FN5O2S2/c1-2-16-11(21)7-17-12(22)8-23-14-20-19-13(24-14)18-10-5-3-9(15)4-6-10/h3-6H,2,7-8H2,1H3,(H,16,21)(H,17,22)(H,18,19). The van der Waals surface area contributed by atoms with Crippen molar-refractivity contribution < 1.29 is 14.0 Å². The van der Waals surface area contributed by atoms with Crippen molar-refractivity contribution in [2.45, 2.75) is 11.3 Å². The van der Waals surface area contributed by atoms with Gasteiger partial charge in [-0.3, -0.25) is 9.59 Å². The van der Waals surface area contributed by atoms with Gasteiger partial charge in [-0.25, -0.2) is 4.39 Å². The number of nitrogens with zero attached hydrogens (tertiary/aromatic N) is 2. The Kier molecular flexibility index (Phi) is 6.94. The molecule has 3 N–H and O–H groups in total. The van der Waals surface area contributed by atoms with Gasteiger partial charge in [0.25, 0.3) is 0 Å². The SMILES string of the molecule is CCNC(=O)CNC(=O)CSc1nnc(Nc2ccc(F)cc2)s1. The van der Waals surface area contributed by atoms with Gasteiger partial charge in [-0.05, 0) is 31.2 Å². The topological polar surface area (TPSA) is 96.0 Å². The molecule has 7 nitrogen and oxygen atoms in total. The van der Waals surface area contributed by atoms with E-state index < -0.39 is 0 Å². The van der Waals surface area contributed by atoms with Crippen LogP contribution in [0.15, 0.2) is 28.6 Å². The Labute approximate surface area is 146 Å². The lowest BCUT2D eigenvalue weighted by molar-refractivity contribution is -0.124. The molecular weight excluding hydrogens is 353 g/mol. The number of carbonyl (C=O) groups excluding carboxylic acids is 2. The van der Waals surface area contributed by atoms with E-state index in [9.17, 15) is 14.0 Å². The van der Waals surface area contributed by atoms with Gasteiger partial charge in [-0.1, -0.05) is 23.1 Å². The highest BCUT2D eigenvalue weighted by molar-refractivity contribution is 8.01. The average Bonchev–Trinajstić information content (AvgIpc) is 3.01. The summed E-state index contributed by atoms with van der Waals surface area (Å²) in [6, 6.07) is 5.88. The molecule has 1 aromatic carbocycles. The molecule has 1 heterocycles. The molecule has 0 aliphatic carbocycles. The monoisotopic (exact) mass is 369 g/mol. The predicted molar refractivity (Wildman–Crippen MR) is 92.0 cm³/mol. The first kappa shape index (κ1) is 18.1. The summed E-state index contributed by atoms with van der Waals surface area (Å²) in [5.74, 6) is -0.648. The molecule has 0 fully saturated rings. The molecule has 2 aromatic rings. The van der Waals surface area contributed by atoms with Gasteiger partial charge in [0.1, 0.15) is 5.82 Å². The molecule has 24 heavy (non-hydrogen) atoms. The quantitative estimate of drug-likeness (QED) is 0.614. The van der Waals surface area contributed by atoms with Gasteiger partial charge in [0.05, 0.1) is 12.3 Å². The maximum absolute atomic E-state index is 12.8. The minimum atomic E-state index is -0.312. The molecule has 0 unspecified atom stereocenters. The number of rotatable bonds is 8. The number of aromatic nitrogens is 2. The van der Waals surface area contributed by atoms with E-state index in [2.05, 4.69) is 26.1 Å². The third-order valence-corrected chi connectivity index (χ3v) is 4.62. The number of thioether (sulfide) groups is 1. The number of hydrogen-bond donors (Lipinski definition) is 3. The number of hydrogen-bond acceptors (Lipinski definition) is 7. The summed E-state index contributed by atoms with van der Waals surface area (Å²) in [7, 11) is 0. The maximum atomic E-state index is 12.8. The van der Waals surface area contributed by atoms with E-state index >= 15 is 0 Å². The summed E-state index contributed by atoms with van der Waals surface area (Å²) in [5, 5.41) is 16.6. The van der Waals surface area contributed by atoms with Crippen LogP contribution in [0.1, 0.15) is 6.92 Å². The van der Waals surface area contributed by atoms with Crippen LogP contribution in [0.4, 0.5) is 15.2 Å². The van der Waals surface area contributed by atoms with E-state index in [1.807, 2.05) is 6.92 Å². The lowest BCUT2D eigenvalue weighted by Crippen LogP contribution is -2.37. The summed E-state index contributed by atoms with van der Waals surface area (Å²) < 4.78 is 13.5. The summed E-state index contributed by atoms with van der Waals surface area (Å²) in [6.07, 6.45) is 0. The van der Waals surface area contributed by atoms with Crippen LogP contribution in [0.5, 0.6) is 0 Å². The lowest BCUT2D eigenvalue weighted by atomic mass is 10.3. The fourth-order valence-corrected chi connectivity index (χ4v) is 3.19. The second-order valence-electron chi connectivity index (χ2n) is 4.52. The van der Waals surface area contributed by atoms with Crippen LogP contribution >= 0.6 is 23.1 Å². The number of likely N-dealkylation sites (N-methyl/N-ethyl adjacent to an activating group) is 1. The van der Waals surface area contributed by atoms with Crippen molar-refractivity contribution in [3.8, 4) is 0 Å². The molecule has 2 rings (SSSR count). The summed E-state index contributed by atoms with van der Waals surface area (Å²) in [5.41, 5.74) is 0.698. The Morgan fingerprint density at radius 2 is 1.92 bits per heavy atom. The Bertz CT molecular complexity index is 693. The van der Waals surface area contributed by atoms with Crippen molar-refractivity contribution in [1.29, 1.82) is 0 Å². The molecule has 0 bridgehead atoms. The third kappa shape index (κ3) is 6.13. The lowest BCUT2D eigenvalue weighted by Gasteiger charge is -2.04. The zero-order valence-corrected chi connectivity index (χ0v) is 14.5. The predicted octanol–water partition coefficient (Wildman–Crippen LogP) is 1.77. The number of carbonyl (C=O) groups is 2. The van der Waals surface area contributed by atoms with Crippen molar-refractivity contribution in [3.05, 3.63) is 30.1 Å². The van der Waals surface area contributed by atoms with Crippen LogP contribution in [0.25, 0.3) is 0 Å². The zero-order chi connectivity index (χ0) is 17.4. The minimum Gasteiger partial charge on any atom is -0.355 e. The summed E-state index contributed by atoms with van der Waals surface area (Å²) >= 11 is 2.51. The van der Waals surface area contributed by atoms with Crippen LogP contribution in [0, 0.1) is 5.82 Å². The molecule has 0 aliphatic rings. The van der Waals surface area contributed by atoms with E-state index in [0.29, 0.717) is 21.7 Å². The van der Waals surface area contributed by atoms with Gasteiger partial charge in [-0.2, -0.15) is 0 Å². The minimum absolute atomic E-state index is 0.0409. The molecule has 0 aliphatic heterocycles. The molecule has 0 saturated heterocycles. The van der Waals surface area contributed by atoms with E-state index in [4.69, 9.17) is 0 Å². The highest BCUT2D eigenvalue weighted by Crippen LogP contribution is 2.27. The first-order valence-electron chi connectivity index (χ1n) is 7.09. The van der Waals surface area contributed by atoms with Gasteiger partial charge >= 0.3 is 0 Å². The number of benzene rings is 1. The van der Waals surface area contributed by atoms with E-state index in [0.717, 1.165) is 0 Å². The van der Waals surface area contributed by atoms with Crippen LogP contribution < -0.4 is 16.0 Å². The molecule has 10 heteroatoms. The van der Waals surface area contributed by atoms with Gasteiger partial charge in [0, 0.05) is 12.2 Å². The molecular formula is C14H16FN5O2S2. The zero-order valence-electron chi connectivity index (χ0n) is 12.8. The van der Waals surface area contributed by atoms with Crippen molar-refractivity contribution in [1.82, 2.24) is 20.8 Å². The molecule has 1 aromatic heterocycles. The van der Waals surface area contributed by atoms with Crippen LogP contribution in [-0.2, 0) is 9.59 Å². The number of amides is 2. The molecule has 2 amide bonds. The number of halogens is 1. The van der Waals surface area contributed by atoms with Gasteiger partial charge < -0.3 is 16.0 Å². The first-order valence-corrected chi connectivity index (χ1v) is 8.89. The largest absolute Gasteiger partial charge is 0.355 e. The van der Waals surface area contributed by atoms with Crippen molar-refractivity contribution in [3.63, 3.8) is 0 Å². The third-order valence-electron chi connectivity index (χ3n) is 2.65. The molecule has 0 spiro atoms.